The number of nitrogens with one attached hydrogen (secondary N) is 1. The molecule has 0 amide bonds. The number of thioether (sulfide) groups is 1. The van der Waals surface area contributed by atoms with Gasteiger partial charge in [-0.1, -0.05) is 65.3 Å². The maximum atomic E-state index is 15.8. The van der Waals surface area contributed by atoms with Crippen LogP contribution in [0.25, 0.3) is 32.9 Å². The second-order valence-corrected chi connectivity index (χ2v) is 17.6. The molecule has 2 aromatic carbocycles. The Morgan fingerprint density at radius 1 is 1.00 bits per heavy atom. The lowest BCUT2D eigenvalue weighted by atomic mass is 9.96. The minimum atomic E-state index is -2.17. The lowest BCUT2D eigenvalue weighted by Crippen LogP contribution is -2.43. The number of benzene rings is 2. The van der Waals surface area contributed by atoms with Crippen LogP contribution in [0.1, 0.15) is 47.1 Å². The Bertz CT molecular complexity index is 1720. The van der Waals surface area contributed by atoms with Crippen molar-refractivity contribution in [2.24, 2.45) is 0 Å². The molecular weight excluding hydrogens is 570 g/mol. The second-order valence-electron chi connectivity index (χ2n) is 11.2. The van der Waals surface area contributed by atoms with E-state index in [-0.39, 0.29) is 23.6 Å². The van der Waals surface area contributed by atoms with Gasteiger partial charge < -0.3 is 19.2 Å². The zero-order valence-corrected chi connectivity index (χ0v) is 27.5. The first kappa shape index (κ1) is 31.5. The van der Waals surface area contributed by atoms with E-state index in [4.69, 9.17) is 19.2 Å². The number of fused-ring (bicyclic) bond motifs is 2. The van der Waals surface area contributed by atoms with Crippen LogP contribution in [0.4, 0.5) is 4.39 Å². The Labute approximate surface area is 251 Å². The summed E-state index contributed by atoms with van der Waals surface area (Å²) in [5.74, 6) is 3.57. The number of methoxy groups -OCH3 is 2. The number of nitrogens with zero attached hydrogens (tertiary/aromatic N) is 2. The lowest BCUT2D eigenvalue weighted by Gasteiger charge is -2.38. The fraction of sp³-hybridized carbons (Fsp3) is 0.406. The van der Waals surface area contributed by atoms with Gasteiger partial charge in [0.1, 0.15) is 25.0 Å². The molecule has 1 N–H and O–H groups in total. The summed E-state index contributed by atoms with van der Waals surface area (Å²) in [5.41, 5.74) is 6.24. The van der Waals surface area contributed by atoms with Crippen molar-refractivity contribution in [1.29, 1.82) is 0 Å². The average molecular weight is 608 g/mol. The Morgan fingerprint density at radius 3 is 2.29 bits per heavy atom. The summed E-state index contributed by atoms with van der Waals surface area (Å²) in [4.78, 5) is 24.9. The first-order valence-corrected chi connectivity index (χ1v) is 17.4. The molecule has 7 nitrogen and oxygen atoms in total. The highest BCUT2D eigenvalue weighted by molar-refractivity contribution is 7.98. The molecule has 0 saturated heterocycles. The first-order chi connectivity index (χ1) is 20.0. The summed E-state index contributed by atoms with van der Waals surface area (Å²) in [6, 6.07) is 8.51. The van der Waals surface area contributed by atoms with Crippen LogP contribution >= 0.6 is 11.8 Å². The molecule has 4 aromatic rings. The molecule has 0 atom stereocenters. The van der Waals surface area contributed by atoms with Crippen LogP contribution in [-0.2, 0) is 4.74 Å². The Kier molecular flexibility index (Phi) is 9.66. The van der Waals surface area contributed by atoms with Gasteiger partial charge in [0.05, 0.1) is 23.9 Å². The molecule has 2 aromatic heterocycles. The topological polar surface area (TPSA) is 86.3 Å². The van der Waals surface area contributed by atoms with E-state index < -0.39 is 13.9 Å². The molecular formula is C32H38FN3O4SSi. The van der Waals surface area contributed by atoms with Crippen molar-refractivity contribution in [3.63, 3.8) is 0 Å². The van der Waals surface area contributed by atoms with E-state index in [1.807, 2.05) is 12.3 Å². The van der Waals surface area contributed by atoms with Crippen LogP contribution < -0.4 is 15.0 Å². The number of hydrogen-bond acceptors (Lipinski definition) is 7. The standard InChI is InChI=1S/C32H38FN3O4SSi/c1-18(2)42(19(3)4,20(5)6)13-12-23-25(33)11-10-21-14-22(40-17-38-7)15-24(28(21)23)26-16-27-29(31(34-26)39-8)30(37)36-32(35-27)41-9/h10-11,14-16,18-20H,17H2,1-9H3,(H,35,36,37). The molecule has 0 bridgehead atoms. The van der Waals surface area contributed by atoms with Gasteiger partial charge in [-0.15, -0.1) is 5.54 Å². The van der Waals surface area contributed by atoms with Gasteiger partial charge in [0.25, 0.3) is 5.56 Å². The number of hydrogen-bond donors (Lipinski definition) is 1. The smallest absolute Gasteiger partial charge is 0.264 e. The number of ether oxygens (including phenoxy) is 3. The SMILES string of the molecule is COCOc1cc(-c2cc3nc(SC)[nH]c(=O)c3c(OC)n2)c2c(C#C[Si](C(C)C)(C(C)C)C(C)C)c(F)ccc2c1. The van der Waals surface area contributed by atoms with Crippen LogP contribution in [0, 0.1) is 17.3 Å². The number of aromatic nitrogens is 3. The lowest BCUT2D eigenvalue weighted by molar-refractivity contribution is 0.0512. The van der Waals surface area contributed by atoms with Crippen LogP contribution in [0.15, 0.2) is 40.3 Å². The maximum absolute atomic E-state index is 15.8. The number of halogens is 1. The zero-order valence-electron chi connectivity index (χ0n) is 25.6. The predicted molar refractivity (Wildman–Crippen MR) is 172 cm³/mol. The molecule has 10 heteroatoms. The third-order valence-corrected chi connectivity index (χ3v) is 14.8. The van der Waals surface area contributed by atoms with Crippen molar-refractivity contribution in [1.82, 2.24) is 15.0 Å². The van der Waals surface area contributed by atoms with Crippen molar-refractivity contribution in [3.8, 4) is 34.4 Å². The zero-order chi connectivity index (χ0) is 30.8. The molecule has 2 heterocycles. The Balaban J connectivity index is 2.12. The summed E-state index contributed by atoms with van der Waals surface area (Å²) in [5, 5.41) is 2.04. The van der Waals surface area contributed by atoms with Crippen molar-refractivity contribution in [2.75, 3.05) is 27.3 Å². The van der Waals surface area contributed by atoms with Gasteiger partial charge in [-0.05, 0) is 52.5 Å². The Hall–Kier alpha value is -3.39. The highest BCUT2D eigenvalue weighted by atomic mass is 32.2. The minimum Gasteiger partial charge on any atom is -0.480 e. The molecule has 4 rings (SSSR count). The molecule has 0 fully saturated rings. The average Bonchev–Trinajstić information content (AvgIpc) is 2.95. The molecule has 0 unspecified atom stereocenters. The van der Waals surface area contributed by atoms with Gasteiger partial charge in [0, 0.05) is 18.1 Å². The summed E-state index contributed by atoms with van der Waals surface area (Å²) in [7, 11) is 0.827. The molecule has 0 aliphatic rings. The summed E-state index contributed by atoms with van der Waals surface area (Å²) in [6.07, 6.45) is 1.83. The third-order valence-electron chi connectivity index (χ3n) is 7.95. The van der Waals surface area contributed by atoms with Gasteiger partial charge in [-0.3, -0.25) is 4.79 Å². The quantitative estimate of drug-likeness (QED) is 0.0691. The minimum absolute atomic E-state index is 0.0343. The molecule has 0 aliphatic heterocycles. The monoisotopic (exact) mass is 607 g/mol. The van der Waals surface area contributed by atoms with E-state index in [2.05, 4.69) is 63.0 Å². The van der Waals surface area contributed by atoms with Crippen molar-refractivity contribution in [3.05, 3.63) is 52.1 Å². The third kappa shape index (κ3) is 5.78. The first-order valence-electron chi connectivity index (χ1n) is 13.9. The molecule has 0 spiro atoms. The maximum Gasteiger partial charge on any atom is 0.264 e. The van der Waals surface area contributed by atoms with Gasteiger partial charge in [0.2, 0.25) is 5.88 Å². The summed E-state index contributed by atoms with van der Waals surface area (Å²) >= 11 is 1.32. The summed E-state index contributed by atoms with van der Waals surface area (Å²) in [6.45, 7) is 13.4. The molecule has 222 valence electrons. The van der Waals surface area contributed by atoms with Gasteiger partial charge in [-0.25, -0.2) is 14.4 Å². The van der Waals surface area contributed by atoms with E-state index >= 15 is 4.39 Å². The van der Waals surface area contributed by atoms with Gasteiger partial charge >= 0.3 is 0 Å². The van der Waals surface area contributed by atoms with Crippen LogP contribution in [0.5, 0.6) is 11.6 Å². The fourth-order valence-corrected chi connectivity index (χ4v) is 11.6. The van der Waals surface area contributed by atoms with E-state index in [0.717, 1.165) is 5.39 Å². The second kappa shape index (κ2) is 12.9. The number of rotatable bonds is 9. The van der Waals surface area contributed by atoms with E-state index in [9.17, 15) is 4.79 Å². The van der Waals surface area contributed by atoms with Crippen LogP contribution in [0.2, 0.25) is 16.6 Å². The van der Waals surface area contributed by atoms with Gasteiger partial charge in [-0.2, -0.15) is 0 Å². The molecule has 0 radical (unpaired) electrons. The van der Waals surface area contributed by atoms with Gasteiger partial charge in [0.15, 0.2) is 11.9 Å². The number of pyridine rings is 1. The summed E-state index contributed by atoms with van der Waals surface area (Å²) < 4.78 is 32.3. The largest absolute Gasteiger partial charge is 0.480 e. The fourth-order valence-electron chi connectivity index (χ4n) is 6.04. The van der Waals surface area contributed by atoms with Crippen LogP contribution in [-0.4, -0.2) is 50.3 Å². The highest BCUT2D eigenvalue weighted by Crippen LogP contribution is 2.42. The number of aromatic amines is 1. The molecule has 0 saturated carbocycles. The van der Waals surface area contributed by atoms with Crippen molar-refractivity contribution < 1.29 is 18.6 Å². The highest BCUT2D eigenvalue weighted by Gasteiger charge is 2.41. The van der Waals surface area contributed by atoms with Crippen molar-refractivity contribution >= 4 is 41.5 Å². The molecule has 0 aliphatic carbocycles. The Morgan fingerprint density at radius 2 is 1.69 bits per heavy atom. The molecule has 42 heavy (non-hydrogen) atoms. The van der Waals surface area contributed by atoms with E-state index in [1.54, 1.807) is 25.3 Å². The number of H-pyrrole nitrogens is 1. The predicted octanol–water partition coefficient (Wildman–Crippen LogP) is 7.56. The van der Waals surface area contributed by atoms with E-state index in [0.29, 0.717) is 55.3 Å². The van der Waals surface area contributed by atoms with E-state index in [1.165, 1.54) is 24.9 Å². The van der Waals surface area contributed by atoms with Crippen LogP contribution in [0.3, 0.4) is 0 Å². The normalized spacial score (nSPS) is 11.9. The van der Waals surface area contributed by atoms with Crippen molar-refractivity contribution in [2.45, 2.75) is 63.3 Å².